The van der Waals surface area contributed by atoms with Gasteiger partial charge in [0.1, 0.15) is 5.75 Å². The maximum absolute atomic E-state index is 12.2. The number of rotatable bonds is 5. The van der Waals surface area contributed by atoms with Crippen molar-refractivity contribution in [3.8, 4) is 5.75 Å². The SMILES string of the molecule is FC(F)(F)Oc1ccc(CN[C@@H]2CCCN(c3ncccn3)C2)cc1. The lowest BCUT2D eigenvalue weighted by atomic mass is 10.1. The van der Waals surface area contributed by atoms with E-state index in [0.717, 1.165) is 37.4 Å². The first-order valence-electron chi connectivity index (χ1n) is 8.10. The maximum atomic E-state index is 12.2. The third-order valence-electron chi connectivity index (χ3n) is 4.01. The predicted octanol–water partition coefficient (Wildman–Crippen LogP) is 3.13. The van der Waals surface area contributed by atoms with Crippen LogP contribution < -0.4 is 15.0 Å². The van der Waals surface area contributed by atoms with Crippen LogP contribution in [0.1, 0.15) is 18.4 Å². The van der Waals surface area contributed by atoms with E-state index in [1.807, 2.05) is 0 Å². The fourth-order valence-corrected chi connectivity index (χ4v) is 2.85. The number of nitrogens with one attached hydrogen (secondary N) is 1. The molecule has 0 aliphatic carbocycles. The molecule has 2 heterocycles. The second-order valence-corrected chi connectivity index (χ2v) is 5.91. The molecule has 1 atom stereocenters. The minimum Gasteiger partial charge on any atom is -0.406 e. The summed E-state index contributed by atoms with van der Waals surface area (Å²) < 4.78 is 40.4. The van der Waals surface area contributed by atoms with Crippen molar-refractivity contribution in [3.05, 3.63) is 48.3 Å². The zero-order valence-electron chi connectivity index (χ0n) is 13.5. The highest BCUT2D eigenvalue weighted by atomic mass is 19.4. The van der Waals surface area contributed by atoms with Gasteiger partial charge in [0.25, 0.3) is 0 Å². The molecule has 0 amide bonds. The van der Waals surface area contributed by atoms with Crippen LogP contribution in [0.3, 0.4) is 0 Å². The number of piperidine rings is 1. The Bertz CT molecular complexity index is 664. The van der Waals surface area contributed by atoms with Crippen molar-refractivity contribution in [1.82, 2.24) is 15.3 Å². The van der Waals surface area contributed by atoms with Crippen molar-refractivity contribution < 1.29 is 17.9 Å². The molecule has 5 nitrogen and oxygen atoms in total. The highest BCUT2D eigenvalue weighted by molar-refractivity contribution is 5.30. The minimum atomic E-state index is -4.66. The fourth-order valence-electron chi connectivity index (χ4n) is 2.85. The Morgan fingerprint density at radius 2 is 1.88 bits per heavy atom. The van der Waals surface area contributed by atoms with Crippen molar-refractivity contribution in [3.63, 3.8) is 0 Å². The Balaban J connectivity index is 1.51. The van der Waals surface area contributed by atoms with Gasteiger partial charge in [-0.1, -0.05) is 12.1 Å². The van der Waals surface area contributed by atoms with E-state index in [-0.39, 0.29) is 11.8 Å². The van der Waals surface area contributed by atoms with Gasteiger partial charge in [-0.3, -0.25) is 0 Å². The molecule has 0 radical (unpaired) electrons. The predicted molar refractivity (Wildman–Crippen MR) is 87.2 cm³/mol. The summed E-state index contributed by atoms with van der Waals surface area (Å²) in [5.74, 6) is 0.518. The summed E-state index contributed by atoms with van der Waals surface area (Å²) in [6, 6.07) is 7.99. The molecule has 1 aliphatic rings. The van der Waals surface area contributed by atoms with Gasteiger partial charge in [0.2, 0.25) is 5.95 Å². The molecule has 0 bridgehead atoms. The third-order valence-corrected chi connectivity index (χ3v) is 4.01. The Labute approximate surface area is 143 Å². The normalized spacial score (nSPS) is 18.2. The summed E-state index contributed by atoms with van der Waals surface area (Å²) in [5.41, 5.74) is 0.905. The summed E-state index contributed by atoms with van der Waals surface area (Å²) in [5, 5.41) is 3.45. The van der Waals surface area contributed by atoms with Gasteiger partial charge >= 0.3 is 6.36 Å². The largest absolute Gasteiger partial charge is 0.573 e. The molecule has 1 aliphatic heterocycles. The van der Waals surface area contributed by atoms with E-state index in [1.54, 1.807) is 30.6 Å². The number of halogens is 3. The van der Waals surface area contributed by atoms with Gasteiger partial charge in [-0.2, -0.15) is 0 Å². The fraction of sp³-hybridized carbons (Fsp3) is 0.412. The van der Waals surface area contributed by atoms with Gasteiger partial charge in [0, 0.05) is 38.1 Å². The second kappa shape index (κ2) is 7.69. The highest BCUT2D eigenvalue weighted by Crippen LogP contribution is 2.23. The Morgan fingerprint density at radius 3 is 2.56 bits per heavy atom. The molecule has 25 heavy (non-hydrogen) atoms. The lowest BCUT2D eigenvalue weighted by Crippen LogP contribution is -2.46. The van der Waals surface area contributed by atoms with E-state index in [1.165, 1.54) is 12.1 Å². The molecule has 3 rings (SSSR count). The van der Waals surface area contributed by atoms with Gasteiger partial charge in [0.05, 0.1) is 0 Å². The molecular weight excluding hydrogens is 333 g/mol. The zero-order chi connectivity index (χ0) is 17.7. The van der Waals surface area contributed by atoms with Crippen LogP contribution in [0.5, 0.6) is 5.75 Å². The molecule has 1 saturated heterocycles. The van der Waals surface area contributed by atoms with Crippen molar-refractivity contribution in [2.24, 2.45) is 0 Å². The summed E-state index contributed by atoms with van der Waals surface area (Å²) >= 11 is 0. The highest BCUT2D eigenvalue weighted by Gasteiger charge is 2.31. The monoisotopic (exact) mass is 352 g/mol. The van der Waals surface area contributed by atoms with E-state index in [4.69, 9.17) is 0 Å². The molecule has 8 heteroatoms. The number of hydrogen-bond donors (Lipinski definition) is 1. The number of hydrogen-bond acceptors (Lipinski definition) is 5. The number of alkyl halides is 3. The van der Waals surface area contributed by atoms with Crippen LogP contribution in [-0.4, -0.2) is 35.5 Å². The van der Waals surface area contributed by atoms with Crippen LogP contribution in [0.15, 0.2) is 42.7 Å². The summed E-state index contributed by atoms with van der Waals surface area (Å²) in [6.45, 7) is 2.31. The zero-order valence-corrected chi connectivity index (χ0v) is 13.5. The Morgan fingerprint density at radius 1 is 1.16 bits per heavy atom. The molecule has 0 saturated carbocycles. The first-order valence-corrected chi connectivity index (χ1v) is 8.10. The van der Waals surface area contributed by atoms with Crippen LogP contribution in [0.25, 0.3) is 0 Å². The first kappa shape index (κ1) is 17.5. The van der Waals surface area contributed by atoms with Gasteiger partial charge in [0.15, 0.2) is 0 Å². The molecule has 2 aromatic rings. The van der Waals surface area contributed by atoms with Gasteiger partial charge in [-0.05, 0) is 36.6 Å². The Hall–Kier alpha value is -2.35. The van der Waals surface area contributed by atoms with Gasteiger partial charge in [-0.25, -0.2) is 9.97 Å². The molecule has 1 N–H and O–H groups in total. The lowest BCUT2D eigenvalue weighted by Gasteiger charge is -2.33. The van der Waals surface area contributed by atoms with E-state index >= 15 is 0 Å². The third kappa shape index (κ3) is 5.32. The van der Waals surface area contributed by atoms with Crippen molar-refractivity contribution in [2.45, 2.75) is 31.8 Å². The summed E-state index contributed by atoms with van der Waals surface area (Å²) in [6.07, 6.45) is 0.867. The van der Waals surface area contributed by atoms with Crippen LogP contribution in [0.4, 0.5) is 19.1 Å². The minimum absolute atomic E-state index is 0.207. The van der Waals surface area contributed by atoms with E-state index in [0.29, 0.717) is 6.54 Å². The lowest BCUT2D eigenvalue weighted by molar-refractivity contribution is -0.274. The molecule has 0 unspecified atom stereocenters. The number of benzene rings is 1. The number of nitrogens with zero attached hydrogens (tertiary/aromatic N) is 3. The topological polar surface area (TPSA) is 50.3 Å². The number of ether oxygens (including phenoxy) is 1. The van der Waals surface area contributed by atoms with Crippen molar-refractivity contribution >= 4 is 5.95 Å². The summed E-state index contributed by atoms with van der Waals surface area (Å²) in [4.78, 5) is 10.7. The molecular formula is C17H19F3N4O. The van der Waals surface area contributed by atoms with Gasteiger partial charge < -0.3 is 15.0 Å². The molecule has 1 aromatic carbocycles. The van der Waals surface area contributed by atoms with Crippen LogP contribution in [0, 0.1) is 0 Å². The number of aromatic nitrogens is 2. The van der Waals surface area contributed by atoms with E-state index < -0.39 is 6.36 Å². The first-order chi connectivity index (χ1) is 12.0. The van der Waals surface area contributed by atoms with E-state index in [9.17, 15) is 13.2 Å². The van der Waals surface area contributed by atoms with Crippen molar-refractivity contribution in [2.75, 3.05) is 18.0 Å². The van der Waals surface area contributed by atoms with Crippen LogP contribution in [-0.2, 0) is 6.54 Å². The quantitative estimate of drug-likeness (QED) is 0.896. The molecule has 1 fully saturated rings. The van der Waals surface area contributed by atoms with Crippen molar-refractivity contribution in [1.29, 1.82) is 0 Å². The number of anilines is 1. The summed E-state index contributed by atoms with van der Waals surface area (Å²) in [7, 11) is 0. The molecule has 0 spiro atoms. The van der Waals surface area contributed by atoms with E-state index in [2.05, 4.69) is 24.9 Å². The average molecular weight is 352 g/mol. The Kier molecular flexibility index (Phi) is 5.37. The van der Waals surface area contributed by atoms with Gasteiger partial charge in [-0.15, -0.1) is 13.2 Å². The second-order valence-electron chi connectivity index (χ2n) is 5.91. The smallest absolute Gasteiger partial charge is 0.406 e. The van der Waals surface area contributed by atoms with Crippen LogP contribution >= 0.6 is 0 Å². The average Bonchev–Trinajstić information content (AvgIpc) is 2.61. The molecule has 1 aromatic heterocycles. The molecule has 134 valence electrons. The standard InChI is InChI=1S/C17H19F3N4O/c18-17(19,20)25-15-6-4-13(5-7-15)11-23-14-3-1-10-24(12-14)16-21-8-2-9-22-16/h2,4-9,14,23H,1,3,10-12H2/t14-/m1/s1. The van der Waals surface area contributed by atoms with Crippen LogP contribution in [0.2, 0.25) is 0 Å². The maximum Gasteiger partial charge on any atom is 0.573 e.